The van der Waals surface area contributed by atoms with Crippen molar-refractivity contribution < 1.29 is 28.7 Å². The van der Waals surface area contributed by atoms with Crippen LogP contribution in [0, 0.1) is 6.92 Å². The number of carbonyl (C=O) groups is 2. The minimum Gasteiger partial charge on any atom is -0.479 e. The van der Waals surface area contributed by atoms with Crippen molar-refractivity contribution in [3.63, 3.8) is 0 Å². The van der Waals surface area contributed by atoms with Crippen molar-refractivity contribution >= 4 is 11.9 Å². The Labute approximate surface area is 120 Å². The minimum atomic E-state index is -1.08. The molecule has 1 unspecified atom stereocenters. The van der Waals surface area contributed by atoms with Gasteiger partial charge in [-0.2, -0.15) is 4.98 Å². The zero-order valence-electron chi connectivity index (χ0n) is 11.8. The Morgan fingerprint density at radius 3 is 2.86 bits per heavy atom. The topological polar surface area (TPSA) is 115 Å². The molecular formula is C12H17N3O6. The normalized spacial score (nSPS) is 22.3. The highest BCUT2D eigenvalue weighted by Gasteiger charge is 2.32. The zero-order chi connectivity index (χ0) is 15.4. The number of morpholine rings is 1. The number of rotatable bonds is 5. The molecule has 9 nitrogen and oxygen atoms in total. The number of hydrogen-bond acceptors (Lipinski definition) is 7. The van der Waals surface area contributed by atoms with Gasteiger partial charge in [0.05, 0.1) is 12.6 Å². The van der Waals surface area contributed by atoms with Crippen LogP contribution in [-0.2, 0) is 25.7 Å². The number of hydrogen-bond donors (Lipinski definition) is 1. The Morgan fingerprint density at radius 2 is 2.24 bits per heavy atom. The first-order valence-electron chi connectivity index (χ1n) is 6.48. The number of aliphatic carboxylic acids is 1. The average Bonchev–Trinajstić information content (AvgIpc) is 2.83. The van der Waals surface area contributed by atoms with Crippen molar-refractivity contribution in [2.24, 2.45) is 0 Å². The molecule has 0 saturated carbocycles. The van der Waals surface area contributed by atoms with Gasteiger partial charge >= 0.3 is 5.97 Å². The number of nitrogens with zero attached hydrogens (tertiary/aromatic N) is 3. The van der Waals surface area contributed by atoms with Gasteiger partial charge in [0.2, 0.25) is 5.91 Å². The van der Waals surface area contributed by atoms with E-state index in [0.717, 1.165) is 0 Å². The van der Waals surface area contributed by atoms with Gasteiger partial charge in [0.15, 0.2) is 11.9 Å². The van der Waals surface area contributed by atoms with Crippen LogP contribution in [0.25, 0.3) is 0 Å². The summed E-state index contributed by atoms with van der Waals surface area (Å²) in [5.41, 5.74) is 0. The zero-order valence-corrected chi connectivity index (χ0v) is 11.8. The van der Waals surface area contributed by atoms with E-state index < -0.39 is 12.1 Å². The number of ether oxygens (including phenoxy) is 2. The fourth-order valence-corrected chi connectivity index (χ4v) is 2.01. The highest BCUT2D eigenvalue weighted by atomic mass is 16.5. The Hall–Kier alpha value is -2.00. The Balaban J connectivity index is 1.80. The van der Waals surface area contributed by atoms with Gasteiger partial charge in [0.25, 0.3) is 5.89 Å². The largest absolute Gasteiger partial charge is 0.479 e. The highest BCUT2D eigenvalue weighted by Crippen LogP contribution is 2.12. The molecule has 9 heteroatoms. The van der Waals surface area contributed by atoms with E-state index in [9.17, 15) is 9.59 Å². The van der Waals surface area contributed by atoms with E-state index in [0.29, 0.717) is 18.3 Å². The molecule has 1 aliphatic rings. The molecule has 1 amide bonds. The summed E-state index contributed by atoms with van der Waals surface area (Å²) in [4.78, 5) is 28.3. The molecule has 2 rings (SSSR count). The summed E-state index contributed by atoms with van der Waals surface area (Å²) < 4.78 is 15.3. The van der Waals surface area contributed by atoms with E-state index in [1.807, 2.05) is 0 Å². The predicted octanol–water partition coefficient (Wildman–Crippen LogP) is -0.405. The minimum absolute atomic E-state index is 0.0154. The van der Waals surface area contributed by atoms with Gasteiger partial charge in [0, 0.05) is 6.54 Å². The molecule has 0 aliphatic carbocycles. The third-order valence-electron chi connectivity index (χ3n) is 2.91. The summed E-state index contributed by atoms with van der Waals surface area (Å²) in [5.74, 6) is -0.598. The van der Waals surface area contributed by atoms with Crippen molar-refractivity contribution in [2.75, 3.05) is 19.7 Å². The molecule has 21 heavy (non-hydrogen) atoms. The lowest BCUT2D eigenvalue weighted by molar-refractivity contribution is -0.168. The predicted molar refractivity (Wildman–Crippen MR) is 67.2 cm³/mol. The molecule has 1 aliphatic heterocycles. The van der Waals surface area contributed by atoms with Crippen LogP contribution in [0.3, 0.4) is 0 Å². The average molecular weight is 299 g/mol. The first-order valence-corrected chi connectivity index (χ1v) is 6.48. The molecule has 1 aromatic rings. The van der Waals surface area contributed by atoms with Crippen molar-refractivity contribution in [3.8, 4) is 0 Å². The SMILES string of the molecule is Cc1noc(COCC(=O)N2CC(C(=O)O)O[C@H](C)C2)n1. The number of carboxylic acids is 1. The van der Waals surface area contributed by atoms with E-state index in [2.05, 4.69) is 10.1 Å². The second kappa shape index (κ2) is 6.64. The van der Waals surface area contributed by atoms with Crippen LogP contribution in [-0.4, -0.2) is 63.9 Å². The highest BCUT2D eigenvalue weighted by molar-refractivity contribution is 5.79. The molecule has 1 fully saturated rings. The Kier molecular flexibility index (Phi) is 4.86. The second-order valence-corrected chi connectivity index (χ2v) is 4.80. The maximum Gasteiger partial charge on any atom is 0.334 e. The molecule has 0 aromatic carbocycles. The van der Waals surface area contributed by atoms with Crippen LogP contribution >= 0.6 is 0 Å². The van der Waals surface area contributed by atoms with Gasteiger partial charge < -0.3 is 24.0 Å². The molecule has 0 bridgehead atoms. The van der Waals surface area contributed by atoms with Crippen molar-refractivity contribution in [1.29, 1.82) is 0 Å². The van der Waals surface area contributed by atoms with E-state index in [1.165, 1.54) is 4.90 Å². The third-order valence-corrected chi connectivity index (χ3v) is 2.91. The first kappa shape index (κ1) is 15.4. The molecule has 0 radical (unpaired) electrons. The summed E-state index contributed by atoms with van der Waals surface area (Å²) in [7, 11) is 0. The Morgan fingerprint density at radius 1 is 1.48 bits per heavy atom. The van der Waals surface area contributed by atoms with Gasteiger partial charge in [-0.1, -0.05) is 5.16 Å². The monoisotopic (exact) mass is 299 g/mol. The van der Waals surface area contributed by atoms with Crippen molar-refractivity contribution in [3.05, 3.63) is 11.7 Å². The quantitative estimate of drug-likeness (QED) is 0.780. The van der Waals surface area contributed by atoms with Crippen LogP contribution in [0.5, 0.6) is 0 Å². The summed E-state index contributed by atoms with van der Waals surface area (Å²) in [6.45, 7) is 3.61. The molecule has 2 atom stereocenters. The molecule has 2 heterocycles. The first-order chi connectivity index (χ1) is 9.95. The maximum atomic E-state index is 12.0. The maximum absolute atomic E-state index is 12.0. The summed E-state index contributed by atoms with van der Waals surface area (Å²) >= 11 is 0. The van der Waals surface area contributed by atoms with Crippen molar-refractivity contribution in [2.45, 2.75) is 32.7 Å². The van der Waals surface area contributed by atoms with E-state index in [1.54, 1.807) is 13.8 Å². The van der Waals surface area contributed by atoms with Gasteiger partial charge in [-0.05, 0) is 13.8 Å². The lowest BCUT2D eigenvalue weighted by atomic mass is 10.2. The van der Waals surface area contributed by atoms with Crippen LogP contribution in [0.15, 0.2) is 4.52 Å². The van der Waals surface area contributed by atoms with Gasteiger partial charge in [-0.25, -0.2) is 4.79 Å². The third kappa shape index (κ3) is 4.23. The number of aryl methyl sites for hydroxylation is 1. The standard InChI is InChI=1S/C12H17N3O6/c1-7-3-15(4-9(20-7)12(17)18)11(16)6-19-5-10-13-8(2)14-21-10/h7,9H,3-6H2,1-2H3,(H,17,18)/t7-,9?/m1/s1. The van der Waals surface area contributed by atoms with Crippen LogP contribution in [0.4, 0.5) is 0 Å². The van der Waals surface area contributed by atoms with E-state index in [-0.39, 0.29) is 31.8 Å². The fourth-order valence-electron chi connectivity index (χ4n) is 2.01. The van der Waals surface area contributed by atoms with Crippen LogP contribution < -0.4 is 0 Å². The van der Waals surface area contributed by atoms with Gasteiger partial charge in [-0.15, -0.1) is 0 Å². The smallest absolute Gasteiger partial charge is 0.334 e. The Bertz CT molecular complexity index is 517. The summed E-state index contributed by atoms with van der Waals surface area (Å²) in [6.07, 6.45) is -1.33. The summed E-state index contributed by atoms with van der Waals surface area (Å²) in [6, 6.07) is 0. The fraction of sp³-hybridized carbons (Fsp3) is 0.667. The lowest BCUT2D eigenvalue weighted by Crippen LogP contribution is -2.52. The van der Waals surface area contributed by atoms with Crippen LogP contribution in [0.1, 0.15) is 18.6 Å². The molecule has 1 aromatic heterocycles. The molecule has 0 spiro atoms. The number of aromatic nitrogens is 2. The second-order valence-electron chi connectivity index (χ2n) is 4.80. The molecule has 116 valence electrons. The number of amides is 1. The van der Waals surface area contributed by atoms with Gasteiger partial charge in [0.1, 0.15) is 13.2 Å². The van der Waals surface area contributed by atoms with E-state index in [4.69, 9.17) is 19.1 Å². The number of carbonyl (C=O) groups excluding carboxylic acids is 1. The molecule has 1 N–H and O–H groups in total. The molecule has 1 saturated heterocycles. The number of carboxylic acid groups (broad SMARTS) is 1. The van der Waals surface area contributed by atoms with E-state index >= 15 is 0 Å². The summed E-state index contributed by atoms with van der Waals surface area (Å²) in [5, 5.41) is 12.6. The lowest BCUT2D eigenvalue weighted by Gasteiger charge is -2.34. The van der Waals surface area contributed by atoms with Crippen LogP contribution in [0.2, 0.25) is 0 Å². The van der Waals surface area contributed by atoms with Crippen molar-refractivity contribution in [1.82, 2.24) is 15.0 Å². The molecular weight excluding hydrogens is 282 g/mol. The van der Waals surface area contributed by atoms with Gasteiger partial charge in [-0.3, -0.25) is 4.79 Å².